The summed E-state index contributed by atoms with van der Waals surface area (Å²) in [5.74, 6) is 0.833. The molecule has 0 aliphatic heterocycles. The summed E-state index contributed by atoms with van der Waals surface area (Å²) >= 11 is 0. The van der Waals surface area contributed by atoms with E-state index >= 15 is 0 Å². The van der Waals surface area contributed by atoms with Crippen LogP contribution in [0.15, 0.2) is 24.3 Å². The zero-order valence-electron chi connectivity index (χ0n) is 13.1. The smallest absolute Gasteiger partial charge is 0.239 e. The summed E-state index contributed by atoms with van der Waals surface area (Å²) in [6, 6.07) is 7.75. The molecule has 0 spiro atoms. The lowest BCUT2D eigenvalue weighted by Gasteiger charge is -2.24. The number of rotatable bonds is 10. The highest BCUT2D eigenvalue weighted by atomic mass is 16.5. The lowest BCUT2D eigenvalue weighted by Crippen LogP contribution is -2.38. The summed E-state index contributed by atoms with van der Waals surface area (Å²) in [6.45, 7) is 4.55. The van der Waals surface area contributed by atoms with Crippen LogP contribution in [0.25, 0.3) is 0 Å². The van der Waals surface area contributed by atoms with Gasteiger partial charge in [-0.3, -0.25) is 4.79 Å². The summed E-state index contributed by atoms with van der Waals surface area (Å²) in [5, 5.41) is 2.95. The number of ether oxygens (including phenoxy) is 1. The monoisotopic (exact) mass is 293 g/mol. The van der Waals surface area contributed by atoms with E-state index in [4.69, 9.17) is 10.5 Å². The number of unbranched alkanes of at least 4 members (excludes halogenated alkanes) is 1. The second-order valence-electron chi connectivity index (χ2n) is 4.97. The van der Waals surface area contributed by atoms with Gasteiger partial charge < -0.3 is 20.7 Å². The third-order valence-electron chi connectivity index (χ3n) is 3.24. The summed E-state index contributed by atoms with van der Waals surface area (Å²) in [6.07, 6.45) is 2.93. The fourth-order valence-electron chi connectivity index (χ4n) is 2.02. The van der Waals surface area contributed by atoms with E-state index < -0.39 is 0 Å². The van der Waals surface area contributed by atoms with E-state index in [2.05, 4.69) is 12.2 Å². The first-order valence-corrected chi connectivity index (χ1v) is 7.57. The van der Waals surface area contributed by atoms with Crippen LogP contribution in [0.3, 0.4) is 0 Å². The van der Waals surface area contributed by atoms with E-state index in [9.17, 15) is 4.79 Å². The van der Waals surface area contributed by atoms with Crippen molar-refractivity contribution in [2.75, 3.05) is 38.2 Å². The van der Waals surface area contributed by atoms with Crippen LogP contribution in [0.1, 0.15) is 26.2 Å². The highest BCUT2D eigenvalue weighted by Crippen LogP contribution is 2.20. The average molecular weight is 293 g/mol. The molecular formula is C16H27N3O2. The molecule has 0 saturated carbocycles. The second kappa shape index (κ2) is 10.0. The third kappa shape index (κ3) is 6.49. The molecule has 0 radical (unpaired) electrons. The maximum absolute atomic E-state index is 12.0. The first-order chi connectivity index (χ1) is 10.2. The topological polar surface area (TPSA) is 67.6 Å². The van der Waals surface area contributed by atoms with Gasteiger partial charge in [-0.2, -0.15) is 0 Å². The van der Waals surface area contributed by atoms with Crippen molar-refractivity contribution in [1.82, 2.24) is 5.32 Å². The maximum Gasteiger partial charge on any atom is 0.239 e. The van der Waals surface area contributed by atoms with Gasteiger partial charge >= 0.3 is 0 Å². The number of hydrogen-bond acceptors (Lipinski definition) is 4. The highest BCUT2D eigenvalue weighted by molar-refractivity contribution is 5.81. The molecule has 0 heterocycles. The normalized spacial score (nSPS) is 10.2. The number of anilines is 1. The molecule has 3 N–H and O–H groups in total. The minimum Gasteiger partial charge on any atom is -0.497 e. The molecule has 5 heteroatoms. The van der Waals surface area contributed by atoms with E-state index in [1.54, 1.807) is 7.11 Å². The minimum atomic E-state index is 0.0447. The third-order valence-corrected chi connectivity index (χ3v) is 3.24. The van der Waals surface area contributed by atoms with Gasteiger partial charge in [-0.05, 0) is 31.5 Å². The number of hydrogen-bond donors (Lipinski definition) is 2. The number of amides is 1. The number of nitrogens with one attached hydrogen (secondary N) is 1. The molecule has 0 bridgehead atoms. The van der Waals surface area contributed by atoms with Gasteiger partial charge in [-0.15, -0.1) is 0 Å². The van der Waals surface area contributed by atoms with Crippen LogP contribution in [0.4, 0.5) is 5.69 Å². The first kappa shape index (κ1) is 17.3. The Morgan fingerprint density at radius 2 is 2.19 bits per heavy atom. The SMILES string of the molecule is CCCCNC(=O)CN(CCCN)c1cccc(OC)c1. The maximum atomic E-state index is 12.0. The van der Waals surface area contributed by atoms with Crippen LogP contribution in [-0.2, 0) is 4.79 Å². The fraction of sp³-hybridized carbons (Fsp3) is 0.562. The Balaban J connectivity index is 2.67. The van der Waals surface area contributed by atoms with Crippen molar-refractivity contribution in [3.8, 4) is 5.75 Å². The van der Waals surface area contributed by atoms with E-state index in [1.807, 2.05) is 29.2 Å². The summed E-state index contributed by atoms with van der Waals surface area (Å²) in [4.78, 5) is 14.0. The van der Waals surface area contributed by atoms with Crippen LogP contribution in [0.5, 0.6) is 5.75 Å². The van der Waals surface area contributed by atoms with Crippen molar-refractivity contribution in [2.24, 2.45) is 5.73 Å². The summed E-state index contributed by atoms with van der Waals surface area (Å²) in [7, 11) is 1.64. The number of nitrogens with zero attached hydrogens (tertiary/aromatic N) is 1. The number of carbonyl (C=O) groups is 1. The van der Waals surface area contributed by atoms with Gasteiger partial charge in [0.05, 0.1) is 13.7 Å². The molecule has 5 nitrogen and oxygen atoms in total. The summed E-state index contributed by atoms with van der Waals surface area (Å²) < 4.78 is 5.24. The molecule has 118 valence electrons. The first-order valence-electron chi connectivity index (χ1n) is 7.57. The molecule has 21 heavy (non-hydrogen) atoms. The molecule has 1 rings (SSSR count). The van der Waals surface area contributed by atoms with E-state index in [1.165, 1.54) is 0 Å². The van der Waals surface area contributed by atoms with Gasteiger partial charge in [0.2, 0.25) is 5.91 Å². The van der Waals surface area contributed by atoms with Crippen molar-refractivity contribution in [3.63, 3.8) is 0 Å². The predicted molar refractivity (Wildman–Crippen MR) is 86.8 cm³/mol. The molecule has 0 aromatic heterocycles. The van der Waals surface area contributed by atoms with Gasteiger partial charge in [0.1, 0.15) is 5.75 Å². The van der Waals surface area contributed by atoms with Crippen LogP contribution in [0, 0.1) is 0 Å². The van der Waals surface area contributed by atoms with Gasteiger partial charge in [-0.25, -0.2) is 0 Å². The van der Waals surface area contributed by atoms with E-state index in [0.29, 0.717) is 13.1 Å². The number of nitrogens with two attached hydrogens (primary N) is 1. The van der Waals surface area contributed by atoms with Crippen LogP contribution < -0.4 is 20.7 Å². The molecule has 0 aliphatic carbocycles. The van der Waals surface area contributed by atoms with Crippen molar-refractivity contribution < 1.29 is 9.53 Å². The van der Waals surface area contributed by atoms with E-state index in [0.717, 1.165) is 43.8 Å². The zero-order chi connectivity index (χ0) is 15.5. The predicted octanol–water partition coefficient (Wildman–Crippen LogP) is 1.77. The Morgan fingerprint density at radius 1 is 1.38 bits per heavy atom. The zero-order valence-corrected chi connectivity index (χ0v) is 13.1. The van der Waals surface area contributed by atoms with Crippen molar-refractivity contribution in [1.29, 1.82) is 0 Å². The molecule has 1 aromatic carbocycles. The number of carbonyl (C=O) groups excluding carboxylic acids is 1. The van der Waals surface area contributed by atoms with Crippen molar-refractivity contribution in [2.45, 2.75) is 26.2 Å². The van der Waals surface area contributed by atoms with Crippen LogP contribution >= 0.6 is 0 Å². The molecular weight excluding hydrogens is 266 g/mol. The molecule has 1 aromatic rings. The number of methoxy groups -OCH3 is 1. The van der Waals surface area contributed by atoms with Gasteiger partial charge in [-0.1, -0.05) is 19.4 Å². The molecule has 0 saturated heterocycles. The van der Waals surface area contributed by atoms with Gasteiger partial charge in [0, 0.05) is 24.8 Å². The Labute approximate surface area is 127 Å². The summed E-state index contributed by atoms with van der Waals surface area (Å²) in [5.41, 5.74) is 6.57. The lowest BCUT2D eigenvalue weighted by molar-refractivity contribution is -0.119. The second-order valence-corrected chi connectivity index (χ2v) is 4.97. The van der Waals surface area contributed by atoms with Crippen LogP contribution in [-0.4, -0.2) is 39.2 Å². The average Bonchev–Trinajstić information content (AvgIpc) is 2.51. The Hall–Kier alpha value is -1.75. The molecule has 0 unspecified atom stereocenters. The van der Waals surface area contributed by atoms with Crippen LogP contribution in [0.2, 0.25) is 0 Å². The largest absolute Gasteiger partial charge is 0.497 e. The Bertz CT molecular complexity index is 424. The van der Waals surface area contributed by atoms with Crippen molar-refractivity contribution >= 4 is 11.6 Å². The standard InChI is InChI=1S/C16H27N3O2/c1-3-4-10-18-16(20)13-19(11-6-9-17)14-7-5-8-15(12-14)21-2/h5,7-8,12H,3-4,6,9-11,13,17H2,1-2H3,(H,18,20). The van der Waals surface area contributed by atoms with E-state index in [-0.39, 0.29) is 5.91 Å². The molecule has 0 aliphatic rings. The Morgan fingerprint density at radius 3 is 2.86 bits per heavy atom. The fourth-order valence-corrected chi connectivity index (χ4v) is 2.02. The Kier molecular flexibility index (Phi) is 8.28. The van der Waals surface area contributed by atoms with Crippen molar-refractivity contribution in [3.05, 3.63) is 24.3 Å². The molecule has 1 amide bonds. The lowest BCUT2D eigenvalue weighted by atomic mass is 10.2. The minimum absolute atomic E-state index is 0.0447. The highest BCUT2D eigenvalue weighted by Gasteiger charge is 2.11. The van der Waals surface area contributed by atoms with Gasteiger partial charge in [0.25, 0.3) is 0 Å². The molecule has 0 fully saturated rings. The quantitative estimate of drug-likeness (QED) is 0.645. The van der Waals surface area contributed by atoms with Gasteiger partial charge in [0.15, 0.2) is 0 Å². The number of benzene rings is 1. The molecule has 0 atom stereocenters.